The predicted molar refractivity (Wildman–Crippen MR) is 70.2 cm³/mol. The lowest BCUT2D eigenvalue weighted by Crippen LogP contribution is -2.41. The number of nitriles is 1. The fraction of sp³-hybridized carbons (Fsp3) is 0.231. The number of amides is 2. The van der Waals surface area contributed by atoms with Crippen molar-refractivity contribution in [3.8, 4) is 6.07 Å². The van der Waals surface area contributed by atoms with Gasteiger partial charge in [-0.1, -0.05) is 12.1 Å². The Bertz CT molecular complexity index is 527. The lowest BCUT2D eigenvalue weighted by molar-refractivity contribution is -0.139. The van der Waals surface area contributed by atoms with Crippen LogP contribution in [-0.2, 0) is 9.59 Å². The van der Waals surface area contributed by atoms with E-state index in [4.69, 9.17) is 5.26 Å². The second-order valence-electron chi connectivity index (χ2n) is 4.06. The number of hydrogen-bond donors (Lipinski definition) is 2. The lowest BCUT2D eigenvalue weighted by atomic mass is 10.2. The van der Waals surface area contributed by atoms with E-state index >= 15 is 0 Å². The SMILES string of the molecule is CC(C)NC(=O)C(=O)N/N=C\c1ccc(C#N)cc1. The summed E-state index contributed by atoms with van der Waals surface area (Å²) in [6.07, 6.45) is 1.39. The number of benzene rings is 1. The number of rotatable bonds is 3. The van der Waals surface area contributed by atoms with E-state index in [1.54, 1.807) is 38.1 Å². The largest absolute Gasteiger partial charge is 0.346 e. The predicted octanol–water partition coefficient (Wildman–Crippen LogP) is 0.533. The number of carbonyl (C=O) groups is 2. The van der Waals surface area contributed by atoms with Crippen LogP contribution in [0.25, 0.3) is 0 Å². The van der Waals surface area contributed by atoms with Crippen molar-refractivity contribution in [3.63, 3.8) is 0 Å². The smallest absolute Gasteiger partial charge is 0.329 e. The molecule has 0 fully saturated rings. The van der Waals surface area contributed by atoms with Crippen LogP contribution in [0.3, 0.4) is 0 Å². The molecule has 6 heteroatoms. The van der Waals surface area contributed by atoms with Gasteiger partial charge in [0.1, 0.15) is 0 Å². The molecule has 0 aliphatic rings. The Hall–Kier alpha value is -2.68. The van der Waals surface area contributed by atoms with Crippen LogP contribution >= 0.6 is 0 Å². The molecule has 0 unspecified atom stereocenters. The van der Waals surface area contributed by atoms with Gasteiger partial charge in [0.25, 0.3) is 0 Å². The first-order valence-electron chi connectivity index (χ1n) is 5.67. The first kappa shape index (κ1) is 14.4. The second kappa shape index (κ2) is 6.91. The van der Waals surface area contributed by atoms with Crippen LogP contribution in [-0.4, -0.2) is 24.1 Å². The number of carbonyl (C=O) groups excluding carboxylic acids is 2. The van der Waals surface area contributed by atoms with Gasteiger partial charge >= 0.3 is 11.8 Å². The maximum absolute atomic E-state index is 11.3. The Kier molecular flexibility index (Phi) is 5.23. The first-order valence-corrected chi connectivity index (χ1v) is 5.67. The van der Waals surface area contributed by atoms with Crippen LogP contribution in [0.1, 0.15) is 25.0 Å². The van der Waals surface area contributed by atoms with E-state index in [1.165, 1.54) is 6.21 Å². The monoisotopic (exact) mass is 258 g/mol. The van der Waals surface area contributed by atoms with Gasteiger partial charge in [0.05, 0.1) is 17.8 Å². The normalized spacial score (nSPS) is 10.2. The number of nitrogens with zero attached hydrogens (tertiary/aromatic N) is 2. The van der Waals surface area contributed by atoms with Crippen LogP contribution in [0.4, 0.5) is 0 Å². The molecule has 0 aliphatic heterocycles. The van der Waals surface area contributed by atoms with Gasteiger partial charge < -0.3 is 5.32 Å². The van der Waals surface area contributed by atoms with Gasteiger partial charge in [-0.05, 0) is 31.5 Å². The fourth-order valence-electron chi connectivity index (χ4n) is 1.19. The summed E-state index contributed by atoms with van der Waals surface area (Å²) in [5.41, 5.74) is 3.37. The molecule has 1 aromatic carbocycles. The molecule has 0 bridgehead atoms. The van der Waals surface area contributed by atoms with Crippen LogP contribution in [0.2, 0.25) is 0 Å². The van der Waals surface area contributed by atoms with Crippen LogP contribution in [0, 0.1) is 11.3 Å². The summed E-state index contributed by atoms with van der Waals surface area (Å²) in [7, 11) is 0. The zero-order chi connectivity index (χ0) is 14.3. The Morgan fingerprint density at radius 2 is 1.89 bits per heavy atom. The van der Waals surface area contributed by atoms with E-state index < -0.39 is 11.8 Å². The third kappa shape index (κ3) is 5.00. The van der Waals surface area contributed by atoms with Crippen molar-refractivity contribution < 1.29 is 9.59 Å². The molecule has 0 saturated heterocycles. The first-order chi connectivity index (χ1) is 9.02. The molecule has 0 radical (unpaired) electrons. The summed E-state index contributed by atoms with van der Waals surface area (Å²) in [4.78, 5) is 22.5. The van der Waals surface area contributed by atoms with Gasteiger partial charge in [0.15, 0.2) is 0 Å². The van der Waals surface area contributed by atoms with E-state index in [2.05, 4.69) is 15.8 Å². The number of hydrogen-bond acceptors (Lipinski definition) is 4. The Morgan fingerprint density at radius 1 is 1.26 bits per heavy atom. The third-order valence-electron chi connectivity index (χ3n) is 2.05. The zero-order valence-electron chi connectivity index (χ0n) is 10.7. The average molecular weight is 258 g/mol. The minimum Gasteiger partial charge on any atom is -0.346 e. The molecule has 0 saturated carbocycles. The quantitative estimate of drug-likeness (QED) is 0.470. The van der Waals surface area contributed by atoms with E-state index in [0.29, 0.717) is 11.1 Å². The van der Waals surface area contributed by atoms with Crippen molar-refractivity contribution in [1.82, 2.24) is 10.7 Å². The van der Waals surface area contributed by atoms with Gasteiger partial charge in [-0.3, -0.25) is 9.59 Å². The number of hydrazone groups is 1. The molecule has 2 amide bonds. The van der Waals surface area contributed by atoms with Crippen molar-refractivity contribution in [2.75, 3.05) is 0 Å². The van der Waals surface area contributed by atoms with Crippen molar-refractivity contribution in [2.24, 2.45) is 5.10 Å². The van der Waals surface area contributed by atoms with Gasteiger partial charge in [-0.15, -0.1) is 0 Å². The Labute approximate surface area is 111 Å². The van der Waals surface area contributed by atoms with Gasteiger partial charge in [0.2, 0.25) is 0 Å². The van der Waals surface area contributed by atoms with Crippen LogP contribution < -0.4 is 10.7 Å². The molecule has 98 valence electrons. The minimum atomic E-state index is -0.821. The van der Waals surface area contributed by atoms with Gasteiger partial charge in [0, 0.05) is 6.04 Å². The highest BCUT2D eigenvalue weighted by Crippen LogP contribution is 2.00. The highest BCUT2D eigenvalue weighted by molar-refractivity contribution is 6.35. The minimum absolute atomic E-state index is 0.110. The molecule has 0 aromatic heterocycles. The van der Waals surface area contributed by atoms with E-state index in [9.17, 15) is 9.59 Å². The molecule has 6 nitrogen and oxygen atoms in total. The van der Waals surface area contributed by atoms with E-state index in [0.717, 1.165) is 0 Å². The summed E-state index contributed by atoms with van der Waals surface area (Å²) < 4.78 is 0. The van der Waals surface area contributed by atoms with Crippen molar-refractivity contribution in [1.29, 1.82) is 5.26 Å². The molecule has 0 heterocycles. The zero-order valence-corrected chi connectivity index (χ0v) is 10.7. The lowest BCUT2D eigenvalue weighted by Gasteiger charge is -2.05. The summed E-state index contributed by atoms with van der Waals surface area (Å²) in [5.74, 6) is -1.55. The molecule has 2 N–H and O–H groups in total. The summed E-state index contributed by atoms with van der Waals surface area (Å²) in [5, 5.41) is 14.7. The second-order valence-corrected chi connectivity index (χ2v) is 4.06. The third-order valence-corrected chi connectivity index (χ3v) is 2.05. The molecular weight excluding hydrogens is 244 g/mol. The summed E-state index contributed by atoms with van der Waals surface area (Å²) in [6.45, 7) is 3.51. The van der Waals surface area contributed by atoms with E-state index in [-0.39, 0.29) is 6.04 Å². The van der Waals surface area contributed by atoms with Crippen LogP contribution in [0.15, 0.2) is 29.4 Å². The topological polar surface area (TPSA) is 94.3 Å². The van der Waals surface area contributed by atoms with Gasteiger partial charge in [-0.25, -0.2) is 5.43 Å². The highest BCUT2D eigenvalue weighted by Gasteiger charge is 2.12. The summed E-state index contributed by atoms with van der Waals surface area (Å²) >= 11 is 0. The Balaban J connectivity index is 2.51. The standard InChI is InChI=1S/C13H14N4O2/c1-9(2)16-12(18)13(19)17-15-8-11-5-3-10(7-14)4-6-11/h3-6,8-9H,1-2H3,(H,16,18)(H,17,19)/b15-8-. The molecule has 1 rings (SSSR count). The van der Waals surface area contributed by atoms with Gasteiger partial charge in [-0.2, -0.15) is 10.4 Å². The maximum atomic E-state index is 11.3. The molecule has 1 aromatic rings. The fourth-order valence-corrected chi connectivity index (χ4v) is 1.19. The van der Waals surface area contributed by atoms with Crippen LogP contribution in [0.5, 0.6) is 0 Å². The van der Waals surface area contributed by atoms with Crippen molar-refractivity contribution >= 4 is 18.0 Å². The van der Waals surface area contributed by atoms with E-state index in [1.807, 2.05) is 6.07 Å². The molecule has 19 heavy (non-hydrogen) atoms. The molecule has 0 aliphatic carbocycles. The van der Waals surface area contributed by atoms with Crippen molar-refractivity contribution in [2.45, 2.75) is 19.9 Å². The summed E-state index contributed by atoms with van der Waals surface area (Å²) in [6, 6.07) is 8.52. The number of nitrogens with one attached hydrogen (secondary N) is 2. The highest BCUT2D eigenvalue weighted by atomic mass is 16.2. The Morgan fingerprint density at radius 3 is 2.42 bits per heavy atom. The van der Waals surface area contributed by atoms with Crippen molar-refractivity contribution in [3.05, 3.63) is 35.4 Å². The maximum Gasteiger partial charge on any atom is 0.329 e. The molecule has 0 atom stereocenters. The average Bonchev–Trinajstić information content (AvgIpc) is 2.38. The molecule has 0 spiro atoms. The molecular formula is C13H14N4O2.